The van der Waals surface area contributed by atoms with Crippen molar-refractivity contribution in [3.63, 3.8) is 0 Å². The zero-order valence-corrected chi connectivity index (χ0v) is 12.4. The van der Waals surface area contributed by atoms with Gasteiger partial charge in [0.1, 0.15) is 5.75 Å². The van der Waals surface area contributed by atoms with Crippen molar-refractivity contribution in [3.8, 4) is 5.75 Å². The van der Waals surface area contributed by atoms with E-state index in [9.17, 15) is 5.11 Å². The Morgan fingerprint density at radius 2 is 1.44 bits per heavy atom. The second-order valence-electron chi connectivity index (χ2n) is 3.30. The van der Waals surface area contributed by atoms with Crippen LogP contribution >= 0.6 is 0 Å². The Labute approximate surface area is 140 Å². The summed E-state index contributed by atoms with van der Waals surface area (Å²) in [4.78, 5) is 0. The van der Waals surface area contributed by atoms with Crippen molar-refractivity contribution in [1.82, 2.24) is 0 Å². The first kappa shape index (κ1) is 13.7. The summed E-state index contributed by atoms with van der Waals surface area (Å²) >= 11 is 0. The summed E-state index contributed by atoms with van der Waals surface area (Å²) < 4.78 is 0. The number of hydrogen-bond acceptors (Lipinski definition) is 1. The van der Waals surface area contributed by atoms with Crippen molar-refractivity contribution < 1.29 is 57.9 Å². The number of benzene rings is 2. The molecule has 0 aliphatic heterocycles. The van der Waals surface area contributed by atoms with Crippen LogP contribution in [0, 0.1) is 0 Å². The molecule has 1 N–H and O–H groups in total. The fourth-order valence-electron chi connectivity index (χ4n) is 1.38. The van der Waals surface area contributed by atoms with Crippen LogP contribution in [0.25, 0.3) is 12.2 Å². The maximum atomic E-state index is 9.54. The number of hydrogen-bond donors (Lipinski definition) is 1. The Morgan fingerprint density at radius 3 is 2.12 bits per heavy atom. The number of para-hydroxylation sites is 1. The first-order valence-corrected chi connectivity index (χ1v) is 4.87. The van der Waals surface area contributed by atoms with Crippen LogP contribution in [0.4, 0.5) is 0 Å². The molecule has 0 amide bonds. The van der Waals surface area contributed by atoms with E-state index in [-0.39, 0.29) is 52.8 Å². The first-order chi connectivity index (χ1) is 7.36. The largest absolute Gasteiger partial charge is 1.00 e. The van der Waals surface area contributed by atoms with Gasteiger partial charge in [-0.3, -0.25) is 0 Å². The minimum absolute atomic E-state index is 0. The minimum atomic E-state index is 0. The molecule has 0 aliphatic rings. The van der Waals surface area contributed by atoms with Crippen LogP contribution in [0.3, 0.4) is 0 Å². The quantitative estimate of drug-likeness (QED) is 0.600. The van der Waals surface area contributed by atoms with Gasteiger partial charge in [-0.2, -0.15) is 0 Å². The summed E-state index contributed by atoms with van der Waals surface area (Å²) in [6, 6.07) is 17.3. The molecule has 16 heavy (non-hydrogen) atoms. The number of phenolic OH excluding ortho intramolecular Hbond substituents is 1. The van der Waals surface area contributed by atoms with Gasteiger partial charge >= 0.3 is 51.4 Å². The molecular formula is C14H13KO. The standard InChI is InChI=1S/C14H12O.K.H/c15-14-9-5-4-8-13(14)11-10-12-6-2-1-3-7-12;;/h1-11,15H;;/q;+1;-1/b11-10+;;. The van der Waals surface area contributed by atoms with Gasteiger partial charge in [0.2, 0.25) is 0 Å². The third kappa shape index (κ3) is 3.89. The van der Waals surface area contributed by atoms with E-state index in [0.29, 0.717) is 5.75 Å². The van der Waals surface area contributed by atoms with E-state index in [2.05, 4.69) is 0 Å². The number of rotatable bonds is 2. The Morgan fingerprint density at radius 1 is 0.812 bits per heavy atom. The summed E-state index contributed by atoms with van der Waals surface area (Å²) in [6.45, 7) is 0. The molecule has 0 bridgehead atoms. The molecule has 0 spiro atoms. The van der Waals surface area contributed by atoms with Gasteiger partial charge in [-0.1, -0.05) is 60.7 Å². The van der Waals surface area contributed by atoms with Gasteiger partial charge in [0.05, 0.1) is 0 Å². The smallest absolute Gasteiger partial charge is 1.00 e. The molecule has 2 aromatic rings. The van der Waals surface area contributed by atoms with Crippen molar-refractivity contribution in [2.75, 3.05) is 0 Å². The fourth-order valence-corrected chi connectivity index (χ4v) is 1.38. The molecule has 0 aliphatic carbocycles. The average Bonchev–Trinajstić information content (AvgIpc) is 2.29. The van der Waals surface area contributed by atoms with E-state index in [4.69, 9.17) is 0 Å². The zero-order valence-electron chi connectivity index (χ0n) is 10.3. The van der Waals surface area contributed by atoms with Crippen molar-refractivity contribution in [2.24, 2.45) is 0 Å². The molecule has 0 saturated carbocycles. The minimum Gasteiger partial charge on any atom is -1.00 e. The first-order valence-electron chi connectivity index (χ1n) is 4.87. The molecule has 2 aromatic carbocycles. The molecule has 0 radical (unpaired) electrons. The summed E-state index contributed by atoms with van der Waals surface area (Å²) in [5.41, 5.74) is 1.96. The topological polar surface area (TPSA) is 20.2 Å². The second-order valence-corrected chi connectivity index (χ2v) is 3.30. The molecule has 76 valence electrons. The molecule has 0 fully saturated rings. The Bertz CT molecular complexity index is 469. The van der Waals surface area contributed by atoms with E-state index < -0.39 is 0 Å². The van der Waals surface area contributed by atoms with E-state index in [0.717, 1.165) is 11.1 Å². The van der Waals surface area contributed by atoms with Crippen molar-refractivity contribution in [3.05, 3.63) is 65.7 Å². The predicted octanol–water partition coefficient (Wildman–Crippen LogP) is 0.679. The molecule has 0 aromatic heterocycles. The van der Waals surface area contributed by atoms with Gasteiger partial charge in [0, 0.05) is 5.56 Å². The van der Waals surface area contributed by atoms with E-state index in [1.165, 1.54) is 0 Å². The third-order valence-corrected chi connectivity index (χ3v) is 2.19. The van der Waals surface area contributed by atoms with Crippen LogP contribution in [-0.2, 0) is 0 Å². The summed E-state index contributed by atoms with van der Waals surface area (Å²) in [5.74, 6) is 0.310. The number of aromatic hydroxyl groups is 1. The monoisotopic (exact) mass is 236 g/mol. The van der Waals surface area contributed by atoms with Gasteiger partial charge in [-0.05, 0) is 11.6 Å². The maximum absolute atomic E-state index is 9.54. The van der Waals surface area contributed by atoms with Crippen LogP contribution < -0.4 is 51.4 Å². The normalized spacial score (nSPS) is 10.0. The SMILES string of the molecule is Oc1ccccc1/C=C/c1ccccc1.[H-].[K+]. The summed E-state index contributed by atoms with van der Waals surface area (Å²) in [5, 5.41) is 9.54. The summed E-state index contributed by atoms with van der Waals surface area (Å²) in [7, 11) is 0. The zero-order chi connectivity index (χ0) is 10.5. The molecule has 2 heteroatoms. The summed E-state index contributed by atoms with van der Waals surface area (Å²) in [6.07, 6.45) is 3.89. The van der Waals surface area contributed by atoms with E-state index in [1.807, 2.05) is 60.7 Å². The second kappa shape index (κ2) is 7.04. The molecular weight excluding hydrogens is 223 g/mol. The molecule has 1 nitrogen and oxygen atoms in total. The Hall–Kier alpha value is -0.384. The van der Waals surface area contributed by atoms with Crippen molar-refractivity contribution in [1.29, 1.82) is 0 Å². The molecule has 0 saturated heterocycles. The van der Waals surface area contributed by atoms with E-state index >= 15 is 0 Å². The van der Waals surface area contributed by atoms with Gasteiger partial charge in [-0.15, -0.1) is 0 Å². The van der Waals surface area contributed by atoms with Gasteiger partial charge < -0.3 is 6.53 Å². The molecule has 2 rings (SSSR count). The fraction of sp³-hybridized carbons (Fsp3) is 0. The molecule has 0 heterocycles. The predicted molar refractivity (Wildman–Crippen MR) is 64.6 cm³/mol. The number of phenols is 1. The Kier molecular flexibility index (Phi) is 6.02. The van der Waals surface area contributed by atoms with Crippen molar-refractivity contribution in [2.45, 2.75) is 0 Å². The van der Waals surface area contributed by atoms with Crippen LogP contribution in [0.1, 0.15) is 12.6 Å². The molecule has 0 unspecified atom stereocenters. The van der Waals surface area contributed by atoms with Crippen LogP contribution in [0.2, 0.25) is 0 Å². The Balaban J connectivity index is 0.00000128. The van der Waals surface area contributed by atoms with E-state index in [1.54, 1.807) is 6.07 Å². The van der Waals surface area contributed by atoms with Crippen LogP contribution in [0.15, 0.2) is 54.6 Å². The third-order valence-electron chi connectivity index (χ3n) is 2.19. The van der Waals surface area contributed by atoms with Gasteiger partial charge in [0.25, 0.3) is 0 Å². The van der Waals surface area contributed by atoms with Crippen LogP contribution in [-0.4, -0.2) is 5.11 Å². The van der Waals surface area contributed by atoms with Crippen molar-refractivity contribution >= 4 is 12.2 Å². The van der Waals surface area contributed by atoms with Gasteiger partial charge in [0.15, 0.2) is 0 Å². The van der Waals surface area contributed by atoms with Crippen LogP contribution in [0.5, 0.6) is 5.75 Å². The average molecular weight is 236 g/mol. The maximum Gasteiger partial charge on any atom is 1.00 e. The van der Waals surface area contributed by atoms with Gasteiger partial charge in [-0.25, -0.2) is 0 Å². The molecule has 0 atom stereocenters.